The van der Waals surface area contributed by atoms with Gasteiger partial charge in [-0.3, -0.25) is 4.79 Å². The highest BCUT2D eigenvalue weighted by Crippen LogP contribution is 2.41. The summed E-state index contributed by atoms with van der Waals surface area (Å²) in [6.07, 6.45) is -4.07. The Balaban J connectivity index is 1.74. The van der Waals surface area contributed by atoms with Crippen molar-refractivity contribution >= 4 is 11.7 Å². The number of benzene rings is 1. The Morgan fingerprint density at radius 1 is 1.17 bits per heavy atom. The van der Waals surface area contributed by atoms with Crippen LogP contribution < -0.4 is 10.1 Å². The van der Waals surface area contributed by atoms with Gasteiger partial charge in [-0.05, 0) is 42.0 Å². The Bertz CT molecular complexity index is 1080. The first-order valence-electron chi connectivity index (χ1n) is 9.13. The number of carbonyl (C=O) groups excluding carboxylic acids is 1. The summed E-state index contributed by atoms with van der Waals surface area (Å²) in [5.41, 5.74) is 2.33. The highest BCUT2D eigenvalue weighted by molar-refractivity contribution is 5.92. The Kier molecular flexibility index (Phi) is 5.15. The summed E-state index contributed by atoms with van der Waals surface area (Å²) in [5.74, 6) is -1.12. The van der Waals surface area contributed by atoms with Crippen LogP contribution in [0.25, 0.3) is 22.4 Å². The first-order chi connectivity index (χ1) is 14.3. The second kappa shape index (κ2) is 7.77. The van der Waals surface area contributed by atoms with Gasteiger partial charge in [0.25, 0.3) is 0 Å². The molecule has 30 heavy (non-hydrogen) atoms. The van der Waals surface area contributed by atoms with Gasteiger partial charge in [-0.1, -0.05) is 0 Å². The molecule has 6 nitrogen and oxygen atoms in total. The lowest BCUT2D eigenvalue weighted by Crippen LogP contribution is -2.21. The van der Waals surface area contributed by atoms with Gasteiger partial charge in [0, 0.05) is 24.7 Å². The van der Waals surface area contributed by atoms with E-state index in [-0.39, 0.29) is 11.6 Å². The van der Waals surface area contributed by atoms with Gasteiger partial charge in [0.2, 0.25) is 11.8 Å². The molecule has 2 aromatic heterocycles. The van der Waals surface area contributed by atoms with Crippen LogP contribution in [0.2, 0.25) is 0 Å². The van der Waals surface area contributed by atoms with Crippen molar-refractivity contribution in [1.29, 1.82) is 0 Å². The number of nitrogens with zero attached hydrogens (tertiary/aromatic N) is 3. The number of pyridine rings is 1. The van der Waals surface area contributed by atoms with E-state index in [1.165, 1.54) is 24.4 Å². The van der Waals surface area contributed by atoms with Crippen molar-refractivity contribution in [3.8, 4) is 28.3 Å². The molecular formula is C20H16F4N4O2. The SMILES string of the molecule is O=C(CC(F)(F)F)Nc1cc(-c2c(-c3ccc(F)cc3)nn3c2OCCC3)ccn1. The van der Waals surface area contributed by atoms with Gasteiger partial charge in [-0.25, -0.2) is 14.1 Å². The number of aryl methyl sites for hydroxylation is 1. The van der Waals surface area contributed by atoms with Crippen molar-refractivity contribution in [2.75, 3.05) is 11.9 Å². The Morgan fingerprint density at radius 2 is 1.93 bits per heavy atom. The zero-order valence-corrected chi connectivity index (χ0v) is 15.5. The number of anilines is 1. The summed E-state index contributed by atoms with van der Waals surface area (Å²) < 4.78 is 58.2. The molecule has 1 aliphatic heterocycles. The fourth-order valence-electron chi connectivity index (χ4n) is 3.22. The van der Waals surface area contributed by atoms with E-state index < -0.39 is 18.5 Å². The molecule has 3 aromatic rings. The molecule has 1 aliphatic rings. The number of hydrogen-bond donors (Lipinski definition) is 1. The number of ether oxygens (including phenoxy) is 1. The largest absolute Gasteiger partial charge is 0.477 e. The van der Waals surface area contributed by atoms with Crippen LogP contribution >= 0.6 is 0 Å². The lowest BCUT2D eigenvalue weighted by Gasteiger charge is -2.16. The third-order valence-electron chi connectivity index (χ3n) is 4.45. The number of nitrogens with one attached hydrogen (secondary N) is 1. The highest BCUT2D eigenvalue weighted by Gasteiger charge is 2.31. The minimum atomic E-state index is -4.61. The molecule has 0 aliphatic carbocycles. The van der Waals surface area contributed by atoms with E-state index in [4.69, 9.17) is 4.74 Å². The molecule has 3 heterocycles. The number of hydrogen-bond acceptors (Lipinski definition) is 4. The number of rotatable bonds is 4. The summed E-state index contributed by atoms with van der Waals surface area (Å²) >= 11 is 0. The van der Waals surface area contributed by atoms with E-state index in [2.05, 4.69) is 15.4 Å². The van der Waals surface area contributed by atoms with Gasteiger partial charge < -0.3 is 10.1 Å². The number of fused-ring (bicyclic) bond motifs is 1. The quantitative estimate of drug-likeness (QED) is 0.635. The van der Waals surface area contributed by atoms with Crippen LogP contribution in [-0.4, -0.2) is 33.5 Å². The molecule has 1 amide bonds. The number of aromatic nitrogens is 3. The van der Waals surface area contributed by atoms with Crippen LogP contribution in [0.1, 0.15) is 12.8 Å². The molecule has 0 fully saturated rings. The van der Waals surface area contributed by atoms with E-state index in [1.54, 1.807) is 22.9 Å². The lowest BCUT2D eigenvalue weighted by molar-refractivity contribution is -0.150. The van der Waals surface area contributed by atoms with Crippen LogP contribution in [0.15, 0.2) is 42.6 Å². The van der Waals surface area contributed by atoms with Gasteiger partial charge in [0.15, 0.2) is 0 Å². The molecule has 0 saturated carbocycles. The van der Waals surface area contributed by atoms with Gasteiger partial charge in [-0.2, -0.15) is 18.3 Å². The molecule has 0 unspecified atom stereocenters. The summed E-state index contributed by atoms with van der Waals surface area (Å²) in [6.45, 7) is 1.12. The van der Waals surface area contributed by atoms with E-state index in [1.807, 2.05) is 0 Å². The summed E-state index contributed by atoms with van der Waals surface area (Å²) in [4.78, 5) is 15.6. The third kappa shape index (κ3) is 4.27. The van der Waals surface area contributed by atoms with Gasteiger partial charge in [-0.15, -0.1) is 0 Å². The fourth-order valence-corrected chi connectivity index (χ4v) is 3.22. The average molecular weight is 420 g/mol. The highest BCUT2D eigenvalue weighted by atomic mass is 19.4. The fraction of sp³-hybridized carbons (Fsp3) is 0.250. The van der Waals surface area contributed by atoms with Crippen molar-refractivity contribution in [3.63, 3.8) is 0 Å². The molecule has 0 bridgehead atoms. The molecule has 1 N–H and O–H groups in total. The van der Waals surface area contributed by atoms with Crippen LogP contribution in [0.5, 0.6) is 5.88 Å². The van der Waals surface area contributed by atoms with Crippen LogP contribution in [0.4, 0.5) is 23.4 Å². The van der Waals surface area contributed by atoms with Crippen molar-refractivity contribution in [1.82, 2.24) is 14.8 Å². The zero-order chi connectivity index (χ0) is 21.3. The Hall–Kier alpha value is -3.43. The maximum absolute atomic E-state index is 13.4. The summed E-state index contributed by atoms with van der Waals surface area (Å²) in [5, 5.41) is 6.74. The minimum absolute atomic E-state index is 0.0254. The molecule has 4 rings (SSSR count). The van der Waals surface area contributed by atoms with E-state index in [0.717, 1.165) is 6.42 Å². The Morgan fingerprint density at radius 3 is 2.67 bits per heavy atom. The standard InChI is InChI=1S/C20H16F4N4O2/c21-14-4-2-12(3-5-14)18-17(19-28(27-18)8-1-9-30-19)13-6-7-25-15(10-13)26-16(29)11-20(22,23)24/h2-7,10H,1,8-9,11H2,(H,25,26,29). The third-order valence-corrected chi connectivity index (χ3v) is 4.45. The maximum Gasteiger partial charge on any atom is 0.397 e. The number of halogens is 4. The maximum atomic E-state index is 13.4. The van der Waals surface area contributed by atoms with Crippen molar-refractivity contribution in [2.45, 2.75) is 25.6 Å². The zero-order valence-electron chi connectivity index (χ0n) is 15.5. The molecule has 0 saturated heterocycles. The van der Waals surface area contributed by atoms with Gasteiger partial charge in [0.1, 0.15) is 23.7 Å². The number of amides is 1. The number of alkyl halides is 3. The second-order valence-electron chi connectivity index (χ2n) is 6.73. The van der Waals surface area contributed by atoms with E-state index in [9.17, 15) is 22.4 Å². The predicted molar refractivity (Wildman–Crippen MR) is 100 cm³/mol. The first kappa shape index (κ1) is 19.9. The molecular weight excluding hydrogens is 404 g/mol. The van der Waals surface area contributed by atoms with Gasteiger partial charge >= 0.3 is 6.18 Å². The van der Waals surface area contributed by atoms with Crippen LogP contribution in [0, 0.1) is 5.82 Å². The molecule has 0 radical (unpaired) electrons. The first-order valence-corrected chi connectivity index (χ1v) is 9.13. The normalized spacial score (nSPS) is 13.5. The van der Waals surface area contributed by atoms with E-state index in [0.29, 0.717) is 41.4 Å². The second-order valence-corrected chi connectivity index (χ2v) is 6.73. The molecule has 10 heteroatoms. The average Bonchev–Trinajstić information content (AvgIpc) is 3.06. The van der Waals surface area contributed by atoms with Crippen molar-refractivity contribution in [3.05, 3.63) is 48.4 Å². The monoisotopic (exact) mass is 420 g/mol. The van der Waals surface area contributed by atoms with Crippen molar-refractivity contribution in [2.24, 2.45) is 0 Å². The predicted octanol–water partition coefficient (Wildman–Crippen LogP) is 4.42. The molecule has 1 aromatic carbocycles. The lowest BCUT2D eigenvalue weighted by atomic mass is 10.0. The molecule has 156 valence electrons. The Labute approximate surface area is 168 Å². The smallest absolute Gasteiger partial charge is 0.397 e. The van der Waals surface area contributed by atoms with Crippen LogP contribution in [-0.2, 0) is 11.3 Å². The number of carbonyl (C=O) groups is 1. The topological polar surface area (TPSA) is 69.0 Å². The van der Waals surface area contributed by atoms with Gasteiger partial charge in [0.05, 0.1) is 12.2 Å². The van der Waals surface area contributed by atoms with Crippen LogP contribution in [0.3, 0.4) is 0 Å². The molecule has 0 spiro atoms. The minimum Gasteiger partial charge on any atom is -0.477 e. The van der Waals surface area contributed by atoms with E-state index >= 15 is 0 Å². The van der Waals surface area contributed by atoms with Crippen molar-refractivity contribution < 1.29 is 27.1 Å². The summed E-state index contributed by atoms with van der Waals surface area (Å²) in [7, 11) is 0. The summed E-state index contributed by atoms with van der Waals surface area (Å²) in [6, 6.07) is 8.89. The molecule has 0 atom stereocenters.